The van der Waals surface area contributed by atoms with Crippen LogP contribution < -0.4 is 0 Å². The lowest BCUT2D eigenvalue weighted by Crippen LogP contribution is -2.03. The number of rotatable bonds is 4. The molecule has 2 aromatic heterocycles. The zero-order chi connectivity index (χ0) is 13.8. The molecule has 0 aliphatic carbocycles. The van der Waals surface area contributed by atoms with Gasteiger partial charge >= 0.3 is 0 Å². The van der Waals surface area contributed by atoms with Crippen LogP contribution in [0.5, 0.6) is 0 Å². The van der Waals surface area contributed by atoms with Crippen LogP contribution in [-0.4, -0.2) is 20.9 Å². The van der Waals surface area contributed by atoms with E-state index >= 15 is 0 Å². The molecule has 2 heterocycles. The van der Waals surface area contributed by atoms with Gasteiger partial charge in [-0.2, -0.15) is 4.98 Å². The second-order valence-corrected chi connectivity index (χ2v) is 4.21. The third-order valence-corrected chi connectivity index (χ3v) is 2.81. The second-order valence-electron chi connectivity index (χ2n) is 4.21. The van der Waals surface area contributed by atoms with E-state index in [1.807, 2.05) is 18.2 Å². The second kappa shape index (κ2) is 5.44. The Kier molecular flexibility index (Phi) is 3.33. The fourth-order valence-corrected chi connectivity index (χ4v) is 1.81. The molecule has 0 N–H and O–H groups in total. The van der Waals surface area contributed by atoms with E-state index in [4.69, 9.17) is 4.52 Å². The first-order valence-electron chi connectivity index (χ1n) is 6.14. The molecule has 3 aromatic rings. The van der Waals surface area contributed by atoms with Gasteiger partial charge in [0.15, 0.2) is 5.78 Å². The largest absolute Gasteiger partial charge is 0.338 e. The summed E-state index contributed by atoms with van der Waals surface area (Å²) in [6.07, 6.45) is 3.41. The van der Waals surface area contributed by atoms with Crippen LogP contribution in [0, 0.1) is 0 Å². The number of ketones is 1. The first-order chi connectivity index (χ1) is 9.83. The van der Waals surface area contributed by atoms with Crippen molar-refractivity contribution in [2.24, 2.45) is 0 Å². The molecule has 0 fully saturated rings. The number of hydrogen-bond acceptors (Lipinski definition) is 5. The van der Waals surface area contributed by atoms with E-state index in [1.54, 1.807) is 36.7 Å². The van der Waals surface area contributed by atoms with E-state index in [-0.39, 0.29) is 12.2 Å². The predicted molar refractivity (Wildman–Crippen MR) is 72.0 cm³/mol. The molecule has 0 spiro atoms. The van der Waals surface area contributed by atoms with Gasteiger partial charge in [-0.1, -0.05) is 35.5 Å². The molecule has 20 heavy (non-hydrogen) atoms. The highest BCUT2D eigenvalue weighted by Gasteiger charge is 2.13. The summed E-state index contributed by atoms with van der Waals surface area (Å²) >= 11 is 0. The van der Waals surface area contributed by atoms with Gasteiger partial charge < -0.3 is 4.52 Å². The highest BCUT2D eigenvalue weighted by molar-refractivity contribution is 5.96. The highest BCUT2D eigenvalue weighted by atomic mass is 16.5. The van der Waals surface area contributed by atoms with Crippen molar-refractivity contribution in [3.05, 3.63) is 66.3 Å². The van der Waals surface area contributed by atoms with Crippen LogP contribution >= 0.6 is 0 Å². The average molecular weight is 265 g/mol. The lowest BCUT2D eigenvalue weighted by atomic mass is 10.1. The molecule has 0 amide bonds. The highest BCUT2D eigenvalue weighted by Crippen LogP contribution is 2.15. The Bertz CT molecular complexity index is 708. The minimum atomic E-state index is -0.0458. The van der Waals surface area contributed by atoms with Crippen molar-refractivity contribution in [1.82, 2.24) is 15.1 Å². The number of nitrogens with zero attached hydrogens (tertiary/aromatic N) is 3. The molecular formula is C15H11N3O2. The SMILES string of the molecule is O=C(Cc1nc(-c2ccncc2)no1)c1ccccc1. The summed E-state index contributed by atoms with van der Waals surface area (Å²) in [6, 6.07) is 12.6. The molecule has 0 unspecified atom stereocenters. The Hall–Kier alpha value is -2.82. The normalized spacial score (nSPS) is 10.4. The van der Waals surface area contributed by atoms with Gasteiger partial charge in [0.05, 0.1) is 6.42 Å². The van der Waals surface area contributed by atoms with Gasteiger partial charge in [0.1, 0.15) is 0 Å². The number of aromatic nitrogens is 3. The van der Waals surface area contributed by atoms with Gasteiger partial charge in [0.25, 0.3) is 0 Å². The molecule has 0 saturated heterocycles. The summed E-state index contributed by atoms with van der Waals surface area (Å²) in [5, 5.41) is 3.87. The van der Waals surface area contributed by atoms with Crippen molar-refractivity contribution in [1.29, 1.82) is 0 Å². The third kappa shape index (κ3) is 2.61. The van der Waals surface area contributed by atoms with Gasteiger partial charge in [0, 0.05) is 23.5 Å². The lowest BCUT2D eigenvalue weighted by Gasteiger charge is -1.96. The Morgan fingerprint density at radius 1 is 1.05 bits per heavy atom. The van der Waals surface area contributed by atoms with Gasteiger partial charge in [0.2, 0.25) is 11.7 Å². The van der Waals surface area contributed by atoms with Gasteiger partial charge in [-0.05, 0) is 12.1 Å². The summed E-state index contributed by atoms with van der Waals surface area (Å²) in [6.45, 7) is 0. The topological polar surface area (TPSA) is 68.9 Å². The molecule has 1 aromatic carbocycles. The van der Waals surface area contributed by atoms with E-state index in [2.05, 4.69) is 15.1 Å². The van der Waals surface area contributed by atoms with E-state index in [1.165, 1.54) is 0 Å². The fourth-order valence-electron chi connectivity index (χ4n) is 1.81. The zero-order valence-electron chi connectivity index (χ0n) is 10.6. The fraction of sp³-hybridized carbons (Fsp3) is 0.0667. The van der Waals surface area contributed by atoms with Crippen molar-refractivity contribution in [2.75, 3.05) is 0 Å². The summed E-state index contributed by atoms with van der Waals surface area (Å²) < 4.78 is 5.11. The summed E-state index contributed by atoms with van der Waals surface area (Å²) in [4.78, 5) is 20.2. The van der Waals surface area contributed by atoms with Crippen molar-refractivity contribution in [3.8, 4) is 11.4 Å². The predicted octanol–water partition coefficient (Wildman–Crippen LogP) is 2.56. The van der Waals surface area contributed by atoms with E-state index in [9.17, 15) is 4.79 Å². The van der Waals surface area contributed by atoms with Crippen LogP contribution in [0.15, 0.2) is 59.4 Å². The van der Waals surface area contributed by atoms with Crippen LogP contribution in [-0.2, 0) is 6.42 Å². The molecule has 0 saturated carbocycles. The zero-order valence-corrected chi connectivity index (χ0v) is 10.6. The van der Waals surface area contributed by atoms with E-state index < -0.39 is 0 Å². The van der Waals surface area contributed by atoms with Crippen LogP contribution in [0.1, 0.15) is 16.2 Å². The van der Waals surface area contributed by atoms with Gasteiger partial charge in [-0.25, -0.2) is 0 Å². The molecule has 0 bridgehead atoms. The Balaban J connectivity index is 1.77. The first kappa shape index (κ1) is 12.2. The molecule has 5 heteroatoms. The van der Waals surface area contributed by atoms with Crippen molar-refractivity contribution >= 4 is 5.78 Å². The van der Waals surface area contributed by atoms with Crippen LogP contribution in [0.25, 0.3) is 11.4 Å². The van der Waals surface area contributed by atoms with Crippen molar-refractivity contribution < 1.29 is 9.32 Å². The lowest BCUT2D eigenvalue weighted by molar-refractivity contribution is 0.0983. The Morgan fingerprint density at radius 3 is 2.55 bits per heavy atom. The summed E-state index contributed by atoms with van der Waals surface area (Å²) in [5.74, 6) is 0.726. The molecular weight excluding hydrogens is 254 g/mol. The maximum absolute atomic E-state index is 12.0. The minimum absolute atomic E-state index is 0.0458. The maximum Gasteiger partial charge on any atom is 0.234 e. The smallest absolute Gasteiger partial charge is 0.234 e. The number of carbonyl (C=O) groups is 1. The number of Topliss-reactive ketones (excluding diaryl/α,β-unsaturated/α-hetero) is 1. The molecule has 0 atom stereocenters. The standard InChI is InChI=1S/C15H11N3O2/c19-13(11-4-2-1-3-5-11)10-14-17-15(18-20-14)12-6-8-16-9-7-12/h1-9H,10H2. The molecule has 3 rings (SSSR count). The van der Waals surface area contributed by atoms with E-state index in [0.29, 0.717) is 17.3 Å². The number of hydrogen-bond donors (Lipinski definition) is 0. The summed E-state index contributed by atoms with van der Waals surface area (Å²) in [7, 11) is 0. The molecule has 0 aliphatic heterocycles. The van der Waals surface area contributed by atoms with E-state index in [0.717, 1.165) is 5.56 Å². The number of pyridine rings is 1. The van der Waals surface area contributed by atoms with Crippen LogP contribution in [0.2, 0.25) is 0 Å². The van der Waals surface area contributed by atoms with Crippen molar-refractivity contribution in [3.63, 3.8) is 0 Å². The third-order valence-electron chi connectivity index (χ3n) is 2.81. The molecule has 0 aliphatic rings. The molecule has 5 nitrogen and oxygen atoms in total. The monoisotopic (exact) mass is 265 g/mol. The number of carbonyl (C=O) groups excluding carboxylic acids is 1. The number of benzene rings is 1. The van der Waals surface area contributed by atoms with Gasteiger partial charge in [-0.3, -0.25) is 9.78 Å². The van der Waals surface area contributed by atoms with Crippen molar-refractivity contribution in [2.45, 2.75) is 6.42 Å². The Labute approximate surface area is 115 Å². The first-order valence-corrected chi connectivity index (χ1v) is 6.14. The summed E-state index contributed by atoms with van der Waals surface area (Å²) in [5.41, 5.74) is 1.44. The maximum atomic E-state index is 12.0. The Morgan fingerprint density at radius 2 is 1.80 bits per heavy atom. The van der Waals surface area contributed by atoms with Gasteiger partial charge in [-0.15, -0.1) is 0 Å². The molecule has 0 radical (unpaired) electrons. The minimum Gasteiger partial charge on any atom is -0.338 e. The quantitative estimate of drug-likeness (QED) is 0.678. The molecule has 98 valence electrons. The van der Waals surface area contributed by atoms with Crippen LogP contribution in [0.3, 0.4) is 0 Å². The average Bonchev–Trinajstić information content (AvgIpc) is 2.97. The van der Waals surface area contributed by atoms with Crippen LogP contribution in [0.4, 0.5) is 0 Å².